The van der Waals surface area contributed by atoms with Gasteiger partial charge in [0.15, 0.2) is 0 Å². The van der Waals surface area contributed by atoms with Crippen molar-refractivity contribution in [3.63, 3.8) is 0 Å². The quantitative estimate of drug-likeness (QED) is 0.781. The average molecular weight is 316 g/mol. The topological polar surface area (TPSA) is 69.6 Å². The Hall–Kier alpha value is -1.07. The minimum Gasteiger partial charge on any atom is -0.507 e. The van der Waals surface area contributed by atoms with E-state index in [1.54, 1.807) is 6.07 Å². The van der Waals surface area contributed by atoms with Crippen molar-refractivity contribution in [2.45, 2.75) is 32.3 Å². The number of phenols is 1. The highest BCUT2D eigenvalue weighted by Gasteiger charge is 2.23. The summed E-state index contributed by atoms with van der Waals surface area (Å²) < 4.78 is 0.704. The zero-order chi connectivity index (χ0) is 13.8. The number of aromatic hydroxyl groups is 1. The van der Waals surface area contributed by atoms with Crippen LogP contribution in [0.5, 0.6) is 5.75 Å². The summed E-state index contributed by atoms with van der Waals surface area (Å²) in [6.45, 7) is 3.91. The molecular formula is C13H18BrNO3. The normalized spacial score (nSPS) is 11.3. The van der Waals surface area contributed by atoms with Gasteiger partial charge in [-0.25, -0.2) is 0 Å². The number of hydrogen-bond acceptors (Lipinski definition) is 3. The van der Waals surface area contributed by atoms with E-state index in [1.807, 2.05) is 13.8 Å². The molecule has 0 saturated heterocycles. The Morgan fingerprint density at radius 1 is 1.39 bits per heavy atom. The van der Waals surface area contributed by atoms with E-state index in [9.17, 15) is 15.0 Å². The molecule has 18 heavy (non-hydrogen) atoms. The highest BCUT2D eigenvalue weighted by molar-refractivity contribution is 9.10. The van der Waals surface area contributed by atoms with E-state index in [1.165, 1.54) is 12.1 Å². The van der Waals surface area contributed by atoms with Crippen LogP contribution in [-0.2, 0) is 0 Å². The first-order valence-corrected chi connectivity index (χ1v) is 6.70. The second-order valence-corrected chi connectivity index (χ2v) is 5.19. The van der Waals surface area contributed by atoms with Gasteiger partial charge < -0.3 is 15.5 Å². The summed E-state index contributed by atoms with van der Waals surface area (Å²) in [5, 5.41) is 22.3. The molecule has 0 fully saturated rings. The van der Waals surface area contributed by atoms with Crippen LogP contribution in [0.4, 0.5) is 0 Å². The Morgan fingerprint density at radius 3 is 2.50 bits per heavy atom. The lowest BCUT2D eigenvalue weighted by Crippen LogP contribution is -2.42. The van der Waals surface area contributed by atoms with Crippen molar-refractivity contribution in [3.05, 3.63) is 28.2 Å². The first-order chi connectivity index (χ1) is 8.41. The first-order valence-electron chi connectivity index (χ1n) is 5.91. The SMILES string of the molecule is CCC(O)(CC)CNC(=O)c1ccc(Br)cc1O. The van der Waals surface area contributed by atoms with E-state index in [2.05, 4.69) is 21.2 Å². The summed E-state index contributed by atoms with van der Waals surface area (Å²) in [5.74, 6) is -0.473. The van der Waals surface area contributed by atoms with Crippen molar-refractivity contribution in [2.24, 2.45) is 0 Å². The van der Waals surface area contributed by atoms with Gasteiger partial charge in [-0.1, -0.05) is 29.8 Å². The zero-order valence-corrected chi connectivity index (χ0v) is 12.1. The fourth-order valence-electron chi connectivity index (χ4n) is 1.54. The van der Waals surface area contributed by atoms with Gasteiger partial charge in [-0.3, -0.25) is 4.79 Å². The highest BCUT2D eigenvalue weighted by atomic mass is 79.9. The minimum atomic E-state index is -0.888. The molecule has 0 aliphatic carbocycles. The lowest BCUT2D eigenvalue weighted by molar-refractivity contribution is 0.0313. The number of rotatable bonds is 5. The van der Waals surface area contributed by atoms with Gasteiger partial charge in [0.25, 0.3) is 5.91 Å². The highest BCUT2D eigenvalue weighted by Crippen LogP contribution is 2.22. The Labute approximate surface area is 115 Å². The molecule has 4 nitrogen and oxygen atoms in total. The van der Waals surface area contributed by atoms with Crippen LogP contribution >= 0.6 is 15.9 Å². The molecule has 0 heterocycles. The molecule has 0 unspecified atom stereocenters. The van der Waals surface area contributed by atoms with Gasteiger partial charge in [0.1, 0.15) is 5.75 Å². The third-order valence-electron chi connectivity index (χ3n) is 3.10. The van der Waals surface area contributed by atoms with Gasteiger partial charge in [-0.05, 0) is 31.0 Å². The third-order valence-corrected chi connectivity index (χ3v) is 3.59. The Balaban J connectivity index is 2.71. The van der Waals surface area contributed by atoms with Crippen molar-refractivity contribution in [2.75, 3.05) is 6.54 Å². The molecule has 0 aromatic heterocycles. The van der Waals surface area contributed by atoms with Crippen LogP contribution in [0.2, 0.25) is 0 Å². The largest absolute Gasteiger partial charge is 0.507 e. The predicted molar refractivity (Wildman–Crippen MR) is 73.7 cm³/mol. The number of carbonyl (C=O) groups excluding carboxylic acids is 1. The summed E-state index contributed by atoms with van der Waals surface area (Å²) in [4.78, 5) is 11.9. The molecule has 1 amide bonds. The maximum Gasteiger partial charge on any atom is 0.255 e. The maximum absolute atomic E-state index is 11.9. The molecule has 5 heteroatoms. The molecule has 0 aliphatic rings. The van der Waals surface area contributed by atoms with Crippen LogP contribution in [-0.4, -0.2) is 28.3 Å². The average Bonchev–Trinajstić information content (AvgIpc) is 2.35. The van der Waals surface area contributed by atoms with Crippen molar-refractivity contribution in [3.8, 4) is 5.75 Å². The second-order valence-electron chi connectivity index (χ2n) is 4.28. The van der Waals surface area contributed by atoms with Gasteiger partial charge in [-0.2, -0.15) is 0 Å². The van der Waals surface area contributed by atoms with Crippen LogP contribution in [0, 0.1) is 0 Å². The third kappa shape index (κ3) is 3.71. The van der Waals surface area contributed by atoms with E-state index in [0.29, 0.717) is 17.3 Å². The number of benzene rings is 1. The monoisotopic (exact) mass is 315 g/mol. The van der Waals surface area contributed by atoms with Crippen LogP contribution in [0.15, 0.2) is 22.7 Å². The number of hydrogen-bond donors (Lipinski definition) is 3. The van der Waals surface area contributed by atoms with E-state index in [-0.39, 0.29) is 23.8 Å². The Morgan fingerprint density at radius 2 is 2.00 bits per heavy atom. The second kappa shape index (κ2) is 6.20. The van der Waals surface area contributed by atoms with E-state index >= 15 is 0 Å². The molecule has 1 aromatic rings. The summed E-state index contributed by atoms with van der Waals surface area (Å²) in [5.41, 5.74) is -0.687. The van der Waals surface area contributed by atoms with Crippen molar-refractivity contribution in [1.29, 1.82) is 0 Å². The van der Waals surface area contributed by atoms with Crippen molar-refractivity contribution in [1.82, 2.24) is 5.32 Å². The van der Waals surface area contributed by atoms with Crippen molar-refractivity contribution >= 4 is 21.8 Å². The lowest BCUT2D eigenvalue weighted by Gasteiger charge is -2.25. The van der Waals surface area contributed by atoms with Crippen LogP contribution in [0.3, 0.4) is 0 Å². The zero-order valence-electron chi connectivity index (χ0n) is 10.5. The fourth-order valence-corrected chi connectivity index (χ4v) is 1.89. The Kier molecular flexibility index (Phi) is 5.16. The molecule has 3 N–H and O–H groups in total. The molecule has 0 aliphatic heterocycles. The molecule has 0 spiro atoms. The predicted octanol–water partition coefficient (Wildman–Crippen LogP) is 2.44. The Bertz CT molecular complexity index is 430. The summed E-state index contributed by atoms with van der Waals surface area (Å²) in [7, 11) is 0. The number of nitrogens with one attached hydrogen (secondary N) is 1. The van der Waals surface area contributed by atoms with Gasteiger partial charge in [0.05, 0.1) is 11.2 Å². The number of carbonyl (C=O) groups is 1. The van der Waals surface area contributed by atoms with Gasteiger partial charge >= 0.3 is 0 Å². The smallest absolute Gasteiger partial charge is 0.255 e. The number of halogens is 1. The molecule has 0 radical (unpaired) electrons. The molecular weight excluding hydrogens is 298 g/mol. The van der Waals surface area contributed by atoms with Crippen LogP contribution in [0.25, 0.3) is 0 Å². The summed E-state index contributed by atoms with van der Waals surface area (Å²) >= 11 is 3.21. The minimum absolute atomic E-state index is 0.0848. The summed E-state index contributed by atoms with van der Waals surface area (Å²) in [6.07, 6.45) is 1.13. The van der Waals surface area contributed by atoms with Crippen LogP contribution < -0.4 is 5.32 Å². The molecule has 1 rings (SSSR count). The standard InChI is InChI=1S/C13H18BrNO3/c1-3-13(18,4-2)8-15-12(17)10-6-5-9(14)7-11(10)16/h5-7,16,18H,3-4,8H2,1-2H3,(H,15,17). The number of aliphatic hydroxyl groups is 1. The molecule has 1 aromatic carbocycles. The number of amides is 1. The molecule has 0 bridgehead atoms. The molecule has 0 atom stereocenters. The van der Waals surface area contributed by atoms with Crippen LogP contribution in [0.1, 0.15) is 37.0 Å². The van der Waals surface area contributed by atoms with E-state index in [4.69, 9.17) is 0 Å². The fraction of sp³-hybridized carbons (Fsp3) is 0.462. The first kappa shape index (κ1) is 15.0. The van der Waals surface area contributed by atoms with E-state index in [0.717, 1.165) is 0 Å². The van der Waals surface area contributed by atoms with Gasteiger partial charge in [0.2, 0.25) is 0 Å². The summed E-state index contributed by atoms with van der Waals surface area (Å²) in [6, 6.07) is 4.67. The number of phenolic OH excluding ortho intramolecular Hbond substituents is 1. The van der Waals surface area contributed by atoms with Crippen molar-refractivity contribution < 1.29 is 15.0 Å². The maximum atomic E-state index is 11.9. The molecule has 0 saturated carbocycles. The lowest BCUT2D eigenvalue weighted by atomic mass is 9.97. The van der Waals surface area contributed by atoms with E-state index < -0.39 is 5.60 Å². The van der Waals surface area contributed by atoms with Gasteiger partial charge in [0, 0.05) is 11.0 Å². The van der Waals surface area contributed by atoms with Gasteiger partial charge in [-0.15, -0.1) is 0 Å². The molecule has 100 valence electrons.